The van der Waals surface area contributed by atoms with E-state index in [9.17, 15) is 19.5 Å². The molecule has 0 saturated heterocycles. The molecule has 6 atom stereocenters. The first-order valence-electron chi connectivity index (χ1n) is 10.5. The lowest BCUT2D eigenvalue weighted by Crippen LogP contribution is -2.56. The number of hydrogen-bond donors (Lipinski definition) is 1. The number of rotatable bonds is 3. The van der Waals surface area contributed by atoms with E-state index in [4.69, 9.17) is 4.74 Å². The number of Topliss-reactive ketones (excluding diaryl/α,β-unsaturated/α-hetero) is 1. The first-order chi connectivity index (χ1) is 13.2. The van der Waals surface area contributed by atoms with Crippen molar-refractivity contribution in [2.45, 2.75) is 65.4 Å². The van der Waals surface area contributed by atoms with Crippen molar-refractivity contribution in [2.75, 3.05) is 6.61 Å². The zero-order valence-corrected chi connectivity index (χ0v) is 17.0. The number of allylic oxidation sites excluding steroid dienone is 3. The van der Waals surface area contributed by atoms with Gasteiger partial charge in [-0.1, -0.05) is 25.5 Å². The Kier molecular flexibility index (Phi) is 4.65. The van der Waals surface area contributed by atoms with Crippen LogP contribution in [0.2, 0.25) is 0 Å². The van der Waals surface area contributed by atoms with E-state index in [1.54, 1.807) is 0 Å². The van der Waals surface area contributed by atoms with Crippen LogP contribution < -0.4 is 0 Å². The molecule has 0 bridgehead atoms. The van der Waals surface area contributed by atoms with Gasteiger partial charge < -0.3 is 9.84 Å². The highest BCUT2D eigenvalue weighted by atomic mass is 16.5. The molecular weight excluding hydrogens is 356 g/mol. The van der Waals surface area contributed by atoms with Crippen LogP contribution in [0.3, 0.4) is 0 Å². The predicted molar refractivity (Wildman–Crippen MR) is 103 cm³/mol. The summed E-state index contributed by atoms with van der Waals surface area (Å²) >= 11 is 0. The Hall–Kier alpha value is -1.75. The van der Waals surface area contributed by atoms with E-state index >= 15 is 0 Å². The third-order valence-corrected chi connectivity index (χ3v) is 8.18. The van der Waals surface area contributed by atoms with Crippen LogP contribution in [0.5, 0.6) is 0 Å². The minimum Gasteiger partial charge on any atom is -0.457 e. The van der Waals surface area contributed by atoms with Crippen LogP contribution in [0, 0.1) is 28.6 Å². The van der Waals surface area contributed by atoms with E-state index < -0.39 is 12.1 Å². The number of aliphatic hydroxyl groups is 1. The molecule has 0 aromatic heterocycles. The fourth-order valence-corrected chi connectivity index (χ4v) is 6.93. The number of fused-ring (bicyclic) bond motifs is 5. The number of hydrogen-bond acceptors (Lipinski definition) is 5. The molecule has 28 heavy (non-hydrogen) atoms. The second kappa shape index (κ2) is 6.65. The lowest BCUT2D eigenvalue weighted by molar-refractivity contribution is -0.146. The standard InChI is InChI=1S/C23H30O5/c1-13(24)28-12-20(27)18-7-6-17-16-5-4-14-10-15(25)8-9-22(14,2)21(16)19(26)11-23(17,18)3/h7,10,16-17,19,21,26H,4-6,8-9,11-12H2,1-3H3/t16-,17-,19-,21+,22-,23-/m0/s1. The number of ketones is 2. The van der Waals surface area contributed by atoms with Crippen molar-refractivity contribution < 1.29 is 24.2 Å². The molecule has 0 spiro atoms. The summed E-state index contributed by atoms with van der Waals surface area (Å²) in [6, 6.07) is 0. The summed E-state index contributed by atoms with van der Waals surface area (Å²) in [7, 11) is 0. The van der Waals surface area contributed by atoms with Gasteiger partial charge >= 0.3 is 5.97 Å². The van der Waals surface area contributed by atoms with Gasteiger partial charge in [0, 0.05) is 24.3 Å². The average molecular weight is 386 g/mol. The predicted octanol–water partition coefficient (Wildman–Crippen LogP) is 3.16. The van der Waals surface area contributed by atoms with E-state index in [0.717, 1.165) is 31.3 Å². The van der Waals surface area contributed by atoms with Gasteiger partial charge in [0.05, 0.1) is 6.10 Å². The minimum atomic E-state index is -0.504. The molecule has 4 aliphatic carbocycles. The molecule has 0 amide bonds. The number of aliphatic hydroxyl groups excluding tert-OH is 1. The van der Waals surface area contributed by atoms with Crippen LogP contribution in [-0.2, 0) is 19.1 Å². The van der Waals surface area contributed by atoms with E-state index in [-0.39, 0.29) is 34.9 Å². The molecule has 0 aromatic rings. The number of carbonyl (C=O) groups excluding carboxylic acids is 3. The summed E-state index contributed by atoms with van der Waals surface area (Å²) in [5.74, 6) is 0.394. The molecule has 0 heterocycles. The van der Waals surface area contributed by atoms with Gasteiger partial charge in [0.15, 0.2) is 18.2 Å². The normalized spacial score (nSPS) is 41.9. The third kappa shape index (κ3) is 2.81. The highest BCUT2D eigenvalue weighted by Gasteiger charge is 2.60. The second-order valence-electron chi connectivity index (χ2n) is 9.63. The fourth-order valence-electron chi connectivity index (χ4n) is 6.93. The van der Waals surface area contributed by atoms with Gasteiger partial charge in [0.1, 0.15) is 0 Å². The maximum Gasteiger partial charge on any atom is 0.303 e. The van der Waals surface area contributed by atoms with Crippen LogP contribution in [0.25, 0.3) is 0 Å². The lowest BCUT2D eigenvalue weighted by atomic mass is 9.46. The molecule has 2 fully saturated rings. The Morgan fingerprint density at radius 3 is 2.71 bits per heavy atom. The number of ether oxygens (including phenoxy) is 1. The van der Waals surface area contributed by atoms with Crippen LogP contribution in [0.1, 0.15) is 59.3 Å². The van der Waals surface area contributed by atoms with Gasteiger partial charge in [-0.15, -0.1) is 0 Å². The molecular formula is C23H30O5. The largest absolute Gasteiger partial charge is 0.457 e. The Bertz CT molecular complexity index is 793. The molecule has 2 saturated carbocycles. The van der Waals surface area contributed by atoms with Crippen molar-refractivity contribution in [3.8, 4) is 0 Å². The molecule has 4 aliphatic rings. The quantitative estimate of drug-likeness (QED) is 0.754. The summed E-state index contributed by atoms with van der Waals surface area (Å²) < 4.78 is 4.94. The van der Waals surface area contributed by atoms with Gasteiger partial charge in [-0.3, -0.25) is 14.4 Å². The van der Waals surface area contributed by atoms with Gasteiger partial charge in [0.25, 0.3) is 0 Å². The van der Waals surface area contributed by atoms with Crippen molar-refractivity contribution in [3.05, 3.63) is 23.3 Å². The molecule has 0 aromatic carbocycles. The van der Waals surface area contributed by atoms with Crippen molar-refractivity contribution in [2.24, 2.45) is 28.6 Å². The summed E-state index contributed by atoms with van der Waals surface area (Å²) in [6.45, 7) is 5.40. The maximum absolute atomic E-state index is 12.7. The first-order valence-corrected chi connectivity index (χ1v) is 10.5. The molecule has 0 aliphatic heterocycles. The molecule has 5 nitrogen and oxygen atoms in total. The monoisotopic (exact) mass is 386 g/mol. The van der Waals surface area contributed by atoms with Crippen molar-refractivity contribution >= 4 is 17.5 Å². The molecule has 0 unspecified atom stereocenters. The van der Waals surface area contributed by atoms with Crippen molar-refractivity contribution in [1.82, 2.24) is 0 Å². The Labute approximate surface area is 166 Å². The summed E-state index contributed by atoms with van der Waals surface area (Å²) in [6.07, 6.45) is 7.96. The van der Waals surface area contributed by atoms with Gasteiger partial charge in [0.2, 0.25) is 0 Å². The topological polar surface area (TPSA) is 80.7 Å². The van der Waals surface area contributed by atoms with Gasteiger partial charge in [-0.2, -0.15) is 0 Å². The van der Waals surface area contributed by atoms with Crippen molar-refractivity contribution in [3.63, 3.8) is 0 Å². The van der Waals surface area contributed by atoms with E-state index in [2.05, 4.69) is 13.8 Å². The maximum atomic E-state index is 12.7. The van der Waals surface area contributed by atoms with Crippen molar-refractivity contribution in [1.29, 1.82) is 0 Å². The molecule has 1 N–H and O–H groups in total. The minimum absolute atomic E-state index is 0.123. The fraction of sp³-hybridized carbons (Fsp3) is 0.696. The Balaban J connectivity index is 1.62. The van der Waals surface area contributed by atoms with Crippen LogP contribution >= 0.6 is 0 Å². The SMILES string of the molecule is CC(=O)OCC(=O)C1=CC[C@H]2[C@@H]3CCC4=CC(=O)CC[C@]4(C)[C@H]3[C@@H](O)C[C@]12C. The van der Waals surface area contributed by atoms with Crippen LogP contribution in [-0.4, -0.2) is 35.4 Å². The van der Waals surface area contributed by atoms with E-state index in [1.807, 2.05) is 12.2 Å². The van der Waals surface area contributed by atoms with Gasteiger partial charge in [-0.25, -0.2) is 0 Å². The zero-order chi connectivity index (χ0) is 20.3. The Morgan fingerprint density at radius 1 is 1.25 bits per heavy atom. The zero-order valence-electron chi connectivity index (χ0n) is 17.0. The smallest absolute Gasteiger partial charge is 0.303 e. The summed E-state index contributed by atoms with van der Waals surface area (Å²) in [5, 5.41) is 11.3. The highest BCUT2D eigenvalue weighted by Crippen LogP contribution is 2.65. The lowest BCUT2D eigenvalue weighted by Gasteiger charge is -2.59. The molecule has 5 heteroatoms. The van der Waals surface area contributed by atoms with E-state index in [0.29, 0.717) is 24.7 Å². The summed E-state index contributed by atoms with van der Waals surface area (Å²) in [4.78, 5) is 35.8. The Morgan fingerprint density at radius 2 is 2.00 bits per heavy atom. The average Bonchev–Trinajstić information content (AvgIpc) is 2.96. The van der Waals surface area contributed by atoms with Crippen LogP contribution in [0.15, 0.2) is 23.3 Å². The highest BCUT2D eigenvalue weighted by molar-refractivity contribution is 5.99. The molecule has 4 rings (SSSR count). The van der Waals surface area contributed by atoms with E-state index in [1.165, 1.54) is 12.5 Å². The number of carbonyl (C=O) groups is 3. The first kappa shape index (κ1) is 19.6. The molecule has 0 radical (unpaired) electrons. The molecule has 152 valence electrons. The third-order valence-electron chi connectivity index (χ3n) is 8.18. The van der Waals surface area contributed by atoms with Gasteiger partial charge in [-0.05, 0) is 61.3 Å². The number of esters is 1. The summed E-state index contributed by atoms with van der Waals surface area (Å²) in [5.41, 5.74) is 1.44. The second-order valence-corrected chi connectivity index (χ2v) is 9.63. The van der Waals surface area contributed by atoms with Crippen LogP contribution in [0.4, 0.5) is 0 Å².